The fraction of sp³-hybridized carbons (Fsp3) is 0.556. The zero-order chi connectivity index (χ0) is 8.32. The first kappa shape index (κ1) is 8.50. The fourth-order valence-corrected chi connectivity index (χ4v) is 1.32. The average molecular weight is 152 g/mol. The summed E-state index contributed by atoms with van der Waals surface area (Å²) in [6.07, 6.45) is 8.58. The zero-order valence-corrected chi connectivity index (χ0v) is 7.17. The molecule has 0 aromatic carbocycles. The largest absolute Gasteiger partial charge is 0.271 e. The summed E-state index contributed by atoms with van der Waals surface area (Å²) in [6, 6.07) is 0. The van der Waals surface area contributed by atoms with Crippen LogP contribution in [0.3, 0.4) is 0 Å². The van der Waals surface area contributed by atoms with Crippen molar-refractivity contribution in [3.8, 4) is 0 Å². The Balaban J connectivity index is 2.68. The smallest absolute Gasteiger partial charge is 0.0192 e. The Morgan fingerprint density at radius 3 is 2.82 bits per heavy atom. The van der Waals surface area contributed by atoms with Crippen molar-refractivity contribution >= 4 is 0 Å². The SMILES string of the molecule is CC1C=CC=CC1(C)CNN. The third kappa shape index (κ3) is 1.70. The van der Waals surface area contributed by atoms with Gasteiger partial charge < -0.3 is 0 Å². The molecule has 0 aliphatic heterocycles. The lowest BCUT2D eigenvalue weighted by Gasteiger charge is -2.32. The van der Waals surface area contributed by atoms with Crippen LogP contribution < -0.4 is 11.3 Å². The number of rotatable bonds is 2. The van der Waals surface area contributed by atoms with E-state index in [0.29, 0.717) is 5.92 Å². The number of nitrogens with one attached hydrogen (secondary N) is 1. The molecular weight excluding hydrogens is 136 g/mol. The molecule has 3 N–H and O–H groups in total. The Labute approximate surface area is 68.1 Å². The van der Waals surface area contributed by atoms with Crippen LogP contribution in [0.2, 0.25) is 0 Å². The van der Waals surface area contributed by atoms with E-state index in [-0.39, 0.29) is 5.41 Å². The highest BCUT2D eigenvalue weighted by atomic mass is 15.2. The van der Waals surface area contributed by atoms with Crippen LogP contribution in [0.25, 0.3) is 0 Å². The topological polar surface area (TPSA) is 38.0 Å². The lowest BCUT2D eigenvalue weighted by atomic mass is 9.75. The summed E-state index contributed by atoms with van der Waals surface area (Å²) in [5.74, 6) is 5.86. The molecule has 62 valence electrons. The first-order valence-electron chi connectivity index (χ1n) is 3.98. The first-order valence-corrected chi connectivity index (χ1v) is 3.98. The Hall–Kier alpha value is -0.600. The van der Waals surface area contributed by atoms with Crippen molar-refractivity contribution < 1.29 is 0 Å². The summed E-state index contributed by atoms with van der Waals surface area (Å²) >= 11 is 0. The standard InChI is InChI=1S/C9H16N2/c1-8-5-3-4-6-9(8,2)7-11-10/h3-6,8,11H,7,10H2,1-2H3. The van der Waals surface area contributed by atoms with Crippen molar-refractivity contribution in [2.24, 2.45) is 17.2 Å². The number of allylic oxidation sites excluding steroid dienone is 3. The van der Waals surface area contributed by atoms with Crippen molar-refractivity contribution in [3.05, 3.63) is 24.3 Å². The summed E-state index contributed by atoms with van der Waals surface area (Å²) in [5, 5.41) is 0. The average Bonchev–Trinajstić information content (AvgIpc) is 1.96. The van der Waals surface area contributed by atoms with Gasteiger partial charge in [0.15, 0.2) is 0 Å². The molecule has 0 aromatic rings. The summed E-state index contributed by atoms with van der Waals surface area (Å²) in [4.78, 5) is 0. The predicted molar refractivity (Wildman–Crippen MR) is 47.7 cm³/mol. The van der Waals surface area contributed by atoms with Gasteiger partial charge in [-0.3, -0.25) is 11.3 Å². The van der Waals surface area contributed by atoms with Gasteiger partial charge in [0.1, 0.15) is 0 Å². The van der Waals surface area contributed by atoms with Gasteiger partial charge in [-0.25, -0.2) is 0 Å². The lowest BCUT2D eigenvalue weighted by molar-refractivity contribution is 0.309. The highest BCUT2D eigenvalue weighted by molar-refractivity contribution is 5.18. The van der Waals surface area contributed by atoms with Crippen LogP contribution in [0.15, 0.2) is 24.3 Å². The molecule has 1 aliphatic carbocycles. The van der Waals surface area contributed by atoms with Gasteiger partial charge in [0.2, 0.25) is 0 Å². The maximum absolute atomic E-state index is 5.30. The van der Waals surface area contributed by atoms with E-state index in [2.05, 4.69) is 43.6 Å². The minimum absolute atomic E-state index is 0.184. The van der Waals surface area contributed by atoms with Gasteiger partial charge in [0, 0.05) is 12.0 Å². The molecule has 0 amide bonds. The molecule has 1 rings (SSSR count). The fourth-order valence-electron chi connectivity index (χ4n) is 1.32. The van der Waals surface area contributed by atoms with Gasteiger partial charge in [-0.05, 0) is 5.92 Å². The van der Waals surface area contributed by atoms with Gasteiger partial charge >= 0.3 is 0 Å². The molecule has 0 fully saturated rings. The van der Waals surface area contributed by atoms with Crippen LogP contribution >= 0.6 is 0 Å². The third-order valence-corrected chi connectivity index (χ3v) is 2.51. The minimum atomic E-state index is 0.184. The molecule has 0 spiro atoms. The molecule has 2 heteroatoms. The molecule has 0 bridgehead atoms. The highest BCUT2D eigenvalue weighted by Gasteiger charge is 2.27. The maximum Gasteiger partial charge on any atom is 0.0192 e. The minimum Gasteiger partial charge on any atom is -0.271 e. The van der Waals surface area contributed by atoms with E-state index in [1.54, 1.807) is 0 Å². The molecule has 0 saturated heterocycles. The van der Waals surface area contributed by atoms with Crippen LogP contribution in [0.1, 0.15) is 13.8 Å². The maximum atomic E-state index is 5.30. The molecule has 11 heavy (non-hydrogen) atoms. The second-order valence-corrected chi connectivity index (χ2v) is 3.42. The molecule has 0 radical (unpaired) electrons. The van der Waals surface area contributed by atoms with E-state index in [0.717, 1.165) is 6.54 Å². The molecule has 0 heterocycles. The molecule has 1 aliphatic rings. The summed E-state index contributed by atoms with van der Waals surface area (Å²) < 4.78 is 0. The Morgan fingerprint density at radius 1 is 1.55 bits per heavy atom. The molecule has 0 aromatic heterocycles. The van der Waals surface area contributed by atoms with Crippen LogP contribution in [-0.4, -0.2) is 6.54 Å². The van der Waals surface area contributed by atoms with Crippen LogP contribution in [0.4, 0.5) is 0 Å². The van der Waals surface area contributed by atoms with E-state index in [1.807, 2.05) is 0 Å². The quantitative estimate of drug-likeness (QED) is 0.461. The number of nitrogens with two attached hydrogens (primary N) is 1. The molecule has 2 atom stereocenters. The van der Waals surface area contributed by atoms with Gasteiger partial charge in [0.05, 0.1) is 0 Å². The second-order valence-electron chi connectivity index (χ2n) is 3.42. The predicted octanol–water partition coefficient (Wildman–Crippen LogP) is 1.22. The third-order valence-electron chi connectivity index (χ3n) is 2.51. The van der Waals surface area contributed by atoms with Gasteiger partial charge in [-0.2, -0.15) is 0 Å². The highest BCUT2D eigenvalue weighted by Crippen LogP contribution is 2.31. The first-order chi connectivity index (χ1) is 5.19. The number of hydrogen-bond acceptors (Lipinski definition) is 2. The Bertz CT molecular complexity index is 184. The van der Waals surface area contributed by atoms with E-state index >= 15 is 0 Å². The zero-order valence-electron chi connectivity index (χ0n) is 7.17. The van der Waals surface area contributed by atoms with Crippen LogP contribution in [-0.2, 0) is 0 Å². The molecule has 2 nitrogen and oxygen atoms in total. The monoisotopic (exact) mass is 152 g/mol. The normalized spacial score (nSPS) is 36.1. The van der Waals surface area contributed by atoms with Gasteiger partial charge in [0.25, 0.3) is 0 Å². The van der Waals surface area contributed by atoms with Gasteiger partial charge in [-0.1, -0.05) is 38.2 Å². The van der Waals surface area contributed by atoms with E-state index in [9.17, 15) is 0 Å². The van der Waals surface area contributed by atoms with Crippen molar-refractivity contribution in [3.63, 3.8) is 0 Å². The number of hydrogen-bond donors (Lipinski definition) is 2. The van der Waals surface area contributed by atoms with E-state index in [4.69, 9.17) is 5.84 Å². The van der Waals surface area contributed by atoms with Crippen LogP contribution in [0, 0.1) is 11.3 Å². The Morgan fingerprint density at radius 2 is 2.27 bits per heavy atom. The van der Waals surface area contributed by atoms with E-state index in [1.165, 1.54) is 0 Å². The van der Waals surface area contributed by atoms with Crippen molar-refractivity contribution in [1.82, 2.24) is 5.43 Å². The summed E-state index contributed by atoms with van der Waals surface area (Å²) in [7, 11) is 0. The van der Waals surface area contributed by atoms with Crippen molar-refractivity contribution in [1.29, 1.82) is 0 Å². The van der Waals surface area contributed by atoms with Gasteiger partial charge in [-0.15, -0.1) is 0 Å². The van der Waals surface area contributed by atoms with Crippen molar-refractivity contribution in [2.45, 2.75) is 13.8 Å². The van der Waals surface area contributed by atoms with Crippen LogP contribution in [0.5, 0.6) is 0 Å². The summed E-state index contributed by atoms with van der Waals surface area (Å²) in [5.41, 5.74) is 2.91. The van der Waals surface area contributed by atoms with Crippen molar-refractivity contribution in [2.75, 3.05) is 6.54 Å². The number of hydrazine groups is 1. The van der Waals surface area contributed by atoms with E-state index < -0.39 is 0 Å². The molecular formula is C9H16N2. The lowest BCUT2D eigenvalue weighted by Crippen LogP contribution is -2.38. The second kappa shape index (κ2) is 3.20. The Kier molecular flexibility index (Phi) is 2.47. The molecule has 0 saturated carbocycles. The molecule has 2 unspecified atom stereocenters. The summed E-state index contributed by atoms with van der Waals surface area (Å²) in [6.45, 7) is 5.24.